The smallest absolute Gasteiger partial charge is 0.161 e. The van der Waals surface area contributed by atoms with Crippen LogP contribution in [0.4, 0.5) is 0 Å². The molecule has 0 bridgehead atoms. The fraction of sp³-hybridized carbons (Fsp3) is 0.391. The highest BCUT2D eigenvalue weighted by Crippen LogP contribution is 2.38. The molecule has 2 aromatic carbocycles. The van der Waals surface area contributed by atoms with E-state index in [0.29, 0.717) is 0 Å². The van der Waals surface area contributed by atoms with Gasteiger partial charge in [-0.3, -0.25) is 0 Å². The molecular formula is C23H27NO2. The van der Waals surface area contributed by atoms with Crippen molar-refractivity contribution >= 4 is 0 Å². The summed E-state index contributed by atoms with van der Waals surface area (Å²) in [5.41, 5.74) is 4.78. The molecule has 1 N–H and O–H groups in total. The first-order valence-electron chi connectivity index (χ1n) is 9.03. The zero-order valence-electron chi connectivity index (χ0n) is 16.3. The maximum absolute atomic E-state index is 5.53. The standard InChI is InChI=1S/C23H27NO2/c1-23(2,3)12-10-16-8-6-7-9-18(16)22-19-15-21(26-5)20(25-4)14-17(19)11-13-24-22/h6-9,14-15,22,24H,11,13H2,1-5H3. The Bertz CT molecular complexity index is 853. The van der Waals surface area contributed by atoms with Crippen LogP contribution >= 0.6 is 0 Å². The van der Waals surface area contributed by atoms with Crippen molar-refractivity contribution in [3.05, 3.63) is 58.7 Å². The Labute approximate surface area is 156 Å². The molecule has 2 aromatic rings. The maximum Gasteiger partial charge on any atom is 0.161 e. The fourth-order valence-electron chi connectivity index (χ4n) is 3.28. The Morgan fingerprint density at radius 1 is 1.00 bits per heavy atom. The van der Waals surface area contributed by atoms with Crippen molar-refractivity contribution in [2.45, 2.75) is 33.2 Å². The van der Waals surface area contributed by atoms with Gasteiger partial charge in [0.05, 0.1) is 20.3 Å². The van der Waals surface area contributed by atoms with E-state index in [1.807, 2.05) is 0 Å². The lowest BCUT2D eigenvalue weighted by Crippen LogP contribution is -2.31. The normalized spacial score (nSPS) is 16.3. The average Bonchev–Trinajstić information content (AvgIpc) is 2.64. The summed E-state index contributed by atoms with van der Waals surface area (Å²) in [4.78, 5) is 0. The van der Waals surface area contributed by atoms with Gasteiger partial charge in [-0.2, -0.15) is 0 Å². The van der Waals surface area contributed by atoms with E-state index in [1.165, 1.54) is 16.7 Å². The van der Waals surface area contributed by atoms with E-state index in [4.69, 9.17) is 9.47 Å². The zero-order valence-corrected chi connectivity index (χ0v) is 16.3. The van der Waals surface area contributed by atoms with Crippen LogP contribution in [0.1, 0.15) is 49.1 Å². The summed E-state index contributed by atoms with van der Waals surface area (Å²) in [7, 11) is 3.36. The van der Waals surface area contributed by atoms with Gasteiger partial charge in [-0.25, -0.2) is 0 Å². The van der Waals surface area contributed by atoms with E-state index in [2.05, 4.69) is 74.3 Å². The Morgan fingerprint density at radius 2 is 1.69 bits per heavy atom. The summed E-state index contributed by atoms with van der Waals surface area (Å²) in [6.45, 7) is 7.32. The Hall–Kier alpha value is -2.44. The molecule has 1 atom stereocenters. The molecular weight excluding hydrogens is 322 g/mol. The van der Waals surface area contributed by atoms with Crippen molar-refractivity contribution in [1.82, 2.24) is 5.32 Å². The molecule has 3 rings (SSSR count). The van der Waals surface area contributed by atoms with Crippen LogP contribution in [-0.2, 0) is 6.42 Å². The lowest BCUT2D eigenvalue weighted by molar-refractivity contribution is 0.353. The third kappa shape index (κ3) is 3.86. The van der Waals surface area contributed by atoms with Crippen molar-refractivity contribution in [3.63, 3.8) is 0 Å². The van der Waals surface area contributed by atoms with E-state index in [0.717, 1.165) is 30.0 Å². The molecule has 0 amide bonds. The van der Waals surface area contributed by atoms with Crippen LogP contribution < -0.4 is 14.8 Å². The van der Waals surface area contributed by atoms with Gasteiger partial charge >= 0.3 is 0 Å². The van der Waals surface area contributed by atoms with Gasteiger partial charge in [0.1, 0.15) is 0 Å². The second kappa shape index (κ2) is 7.43. The van der Waals surface area contributed by atoms with Crippen molar-refractivity contribution in [2.24, 2.45) is 5.41 Å². The zero-order chi connectivity index (χ0) is 18.7. The summed E-state index contributed by atoms with van der Waals surface area (Å²) in [6, 6.07) is 12.7. The minimum absolute atomic E-state index is 0.0262. The van der Waals surface area contributed by atoms with Gasteiger partial charge in [0.15, 0.2) is 11.5 Å². The van der Waals surface area contributed by atoms with Crippen LogP contribution in [0, 0.1) is 17.3 Å². The van der Waals surface area contributed by atoms with Gasteiger partial charge in [0.2, 0.25) is 0 Å². The third-order valence-corrected chi connectivity index (χ3v) is 4.54. The van der Waals surface area contributed by atoms with E-state index >= 15 is 0 Å². The van der Waals surface area contributed by atoms with Crippen molar-refractivity contribution in [3.8, 4) is 23.3 Å². The van der Waals surface area contributed by atoms with Crippen LogP contribution in [0.3, 0.4) is 0 Å². The van der Waals surface area contributed by atoms with Gasteiger partial charge in [0.25, 0.3) is 0 Å². The van der Waals surface area contributed by atoms with Crippen molar-refractivity contribution in [2.75, 3.05) is 20.8 Å². The summed E-state index contributed by atoms with van der Waals surface area (Å²) in [5, 5.41) is 3.65. The molecule has 0 radical (unpaired) electrons. The number of methoxy groups -OCH3 is 2. The van der Waals surface area contributed by atoms with Gasteiger partial charge < -0.3 is 14.8 Å². The first kappa shape index (κ1) is 18.4. The van der Waals surface area contributed by atoms with Crippen molar-refractivity contribution < 1.29 is 9.47 Å². The summed E-state index contributed by atoms with van der Waals surface area (Å²) in [5.74, 6) is 8.29. The topological polar surface area (TPSA) is 30.5 Å². The predicted octanol–water partition coefficient (Wildman–Crippen LogP) is 4.34. The minimum Gasteiger partial charge on any atom is -0.493 e. The van der Waals surface area contributed by atoms with E-state index in [9.17, 15) is 0 Å². The highest BCUT2D eigenvalue weighted by atomic mass is 16.5. The van der Waals surface area contributed by atoms with Gasteiger partial charge in [0, 0.05) is 17.5 Å². The fourth-order valence-corrected chi connectivity index (χ4v) is 3.28. The maximum atomic E-state index is 5.53. The molecule has 0 spiro atoms. The molecule has 1 unspecified atom stereocenters. The molecule has 0 aliphatic carbocycles. The van der Waals surface area contributed by atoms with E-state index < -0.39 is 0 Å². The largest absolute Gasteiger partial charge is 0.493 e. The SMILES string of the molecule is COc1cc2c(cc1OC)C(c1ccccc1C#CC(C)(C)C)NCC2. The van der Waals surface area contributed by atoms with Crippen LogP contribution in [0.25, 0.3) is 0 Å². The average molecular weight is 349 g/mol. The number of hydrogen-bond donors (Lipinski definition) is 1. The molecule has 1 aliphatic heterocycles. The number of nitrogens with one attached hydrogen (secondary N) is 1. The highest BCUT2D eigenvalue weighted by molar-refractivity contribution is 5.54. The Kier molecular flexibility index (Phi) is 5.25. The first-order valence-corrected chi connectivity index (χ1v) is 9.03. The highest BCUT2D eigenvalue weighted by Gasteiger charge is 2.25. The van der Waals surface area contributed by atoms with Gasteiger partial charge in [-0.15, -0.1) is 0 Å². The Balaban J connectivity index is 2.09. The summed E-state index contributed by atoms with van der Waals surface area (Å²) >= 11 is 0. The quantitative estimate of drug-likeness (QED) is 0.837. The van der Waals surface area contributed by atoms with E-state index in [1.54, 1.807) is 14.2 Å². The van der Waals surface area contributed by atoms with Crippen LogP contribution in [0.2, 0.25) is 0 Å². The van der Waals surface area contributed by atoms with Crippen molar-refractivity contribution in [1.29, 1.82) is 0 Å². The monoisotopic (exact) mass is 349 g/mol. The minimum atomic E-state index is -0.0262. The number of fused-ring (bicyclic) bond motifs is 1. The van der Waals surface area contributed by atoms with E-state index in [-0.39, 0.29) is 11.5 Å². The molecule has 0 fully saturated rings. The number of ether oxygens (including phenoxy) is 2. The molecule has 3 nitrogen and oxygen atoms in total. The lowest BCUT2D eigenvalue weighted by atomic mass is 9.87. The lowest BCUT2D eigenvalue weighted by Gasteiger charge is -2.29. The van der Waals surface area contributed by atoms with Crippen LogP contribution in [0.5, 0.6) is 11.5 Å². The number of benzene rings is 2. The molecule has 1 aliphatic rings. The molecule has 1 heterocycles. The van der Waals surface area contributed by atoms with Gasteiger partial charge in [-0.1, -0.05) is 30.0 Å². The molecule has 0 aromatic heterocycles. The van der Waals surface area contributed by atoms with Gasteiger partial charge in [-0.05, 0) is 62.1 Å². The second-order valence-electron chi connectivity index (χ2n) is 7.63. The third-order valence-electron chi connectivity index (χ3n) is 4.54. The molecule has 3 heteroatoms. The number of hydrogen-bond acceptors (Lipinski definition) is 3. The first-order chi connectivity index (χ1) is 12.4. The number of rotatable bonds is 3. The van der Waals surface area contributed by atoms with Crippen LogP contribution in [0.15, 0.2) is 36.4 Å². The summed E-state index contributed by atoms with van der Waals surface area (Å²) in [6.07, 6.45) is 0.974. The van der Waals surface area contributed by atoms with Crippen LogP contribution in [-0.4, -0.2) is 20.8 Å². The molecule has 0 saturated heterocycles. The predicted molar refractivity (Wildman–Crippen MR) is 106 cm³/mol. The Morgan fingerprint density at radius 3 is 2.38 bits per heavy atom. The molecule has 136 valence electrons. The molecule has 26 heavy (non-hydrogen) atoms. The second-order valence-corrected chi connectivity index (χ2v) is 7.63. The summed E-state index contributed by atoms with van der Waals surface area (Å²) < 4.78 is 11.0. The molecule has 0 saturated carbocycles.